The summed E-state index contributed by atoms with van der Waals surface area (Å²) < 4.78 is 11.8. The third-order valence-corrected chi connectivity index (χ3v) is 9.43. The molecule has 0 bridgehead atoms. The summed E-state index contributed by atoms with van der Waals surface area (Å²) in [6.45, 7) is 9.38. The molecule has 2 aliphatic heterocycles. The number of ketones is 1. The number of thiazole rings is 1. The first-order chi connectivity index (χ1) is 20.0. The lowest BCUT2D eigenvalue weighted by Crippen LogP contribution is -2.45. The first kappa shape index (κ1) is 32.2. The largest absolute Gasteiger partial charge is 0.458 e. The molecule has 2 N–H and O–H groups in total. The minimum absolute atomic E-state index is 0.0303. The molecule has 2 saturated heterocycles. The van der Waals surface area contributed by atoms with E-state index in [-0.39, 0.29) is 30.3 Å². The summed E-state index contributed by atoms with van der Waals surface area (Å²) in [5.41, 5.74) is 1.49. The maximum absolute atomic E-state index is 13.3. The molecule has 8 nitrogen and oxygen atoms in total. The molecular weight excluding hydrogens is 552 g/mol. The molecule has 2 fully saturated rings. The van der Waals surface area contributed by atoms with Crippen molar-refractivity contribution >= 4 is 35.4 Å². The Morgan fingerprint density at radius 2 is 1.88 bits per heavy atom. The lowest BCUT2D eigenvalue weighted by atomic mass is 9.73. The molecule has 2 aromatic rings. The van der Waals surface area contributed by atoms with E-state index in [4.69, 9.17) is 9.47 Å². The Hall–Kier alpha value is -2.72. The zero-order valence-electron chi connectivity index (χ0n) is 25.2. The predicted molar refractivity (Wildman–Crippen MR) is 164 cm³/mol. The average molecular weight is 597 g/mol. The van der Waals surface area contributed by atoms with Gasteiger partial charge in [0.1, 0.15) is 16.9 Å². The van der Waals surface area contributed by atoms with E-state index in [1.165, 1.54) is 11.3 Å². The van der Waals surface area contributed by atoms with E-state index in [1.807, 2.05) is 55.6 Å². The fraction of sp³-hybridized carbons (Fsp3) is 0.576. The molecule has 228 valence electrons. The number of rotatable bonds is 5. The van der Waals surface area contributed by atoms with Crippen molar-refractivity contribution in [2.24, 2.45) is 22.2 Å². The first-order valence-corrected chi connectivity index (χ1v) is 15.8. The molecule has 9 heteroatoms. The van der Waals surface area contributed by atoms with Gasteiger partial charge in [-0.25, -0.2) is 4.98 Å². The Morgan fingerprint density at radius 1 is 1.14 bits per heavy atom. The van der Waals surface area contributed by atoms with E-state index in [2.05, 4.69) is 9.98 Å². The SMILES string of the molecule is C/C(=C\c1csc(C=NCc2ccccc2)n1)[C@@H]1C[C@@H]2O[C@@H]2CCC[C@@H](C)[C@H](O)[C@@H](C)C(=O)C(C)(C)[C@@H](O)CC(=O)O1. The normalized spacial score (nSPS) is 31.5. The van der Waals surface area contributed by atoms with Crippen LogP contribution in [0.25, 0.3) is 6.08 Å². The molecule has 7 atom stereocenters. The van der Waals surface area contributed by atoms with Gasteiger partial charge >= 0.3 is 5.97 Å². The average Bonchev–Trinajstić information content (AvgIpc) is 3.55. The maximum Gasteiger partial charge on any atom is 0.309 e. The Balaban J connectivity index is 1.47. The third kappa shape index (κ3) is 8.43. The number of esters is 1. The van der Waals surface area contributed by atoms with Crippen molar-refractivity contribution in [2.45, 2.75) is 104 Å². The summed E-state index contributed by atoms with van der Waals surface area (Å²) in [6.07, 6.45) is 3.75. The van der Waals surface area contributed by atoms with Crippen molar-refractivity contribution in [3.8, 4) is 0 Å². The molecular formula is C33H44N2O6S. The van der Waals surface area contributed by atoms with Crippen LogP contribution >= 0.6 is 11.3 Å². The van der Waals surface area contributed by atoms with E-state index in [0.717, 1.165) is 41.1 Å². The maximum atomic E-state index is 13.3. The van der Waals surface area contributed by atoms with Crippen molar-refractivity contribution in [1.29, 1.82) is 0 Å². The van der Waals surface area contributed by atoms with E-state index >= 15 is 0 Å². The van der Waals surface area contributed by atoms with Gasteiger partial charge in [0.25, 0.3) is 0 Å². The highest BCUT2D eigenvalue weighted by Gasteiger charge is 2.44. The minimum Gasteiger partial charge on any atom is -0.458 e. The van der Waals surface area contributed by atoms with E-state index in [1.54, 1.807) is 27.0 Å². The molecule has 2 aliphatic rings. The van der Waals surface area contributed by atoms with Crippen molar-refractivity contribution in [3.63, 3.8) is 0 Å². The molecule has 0 radical (unpaired) electrons. The standard InChI is InChI=1S/C33H44N2O6S/c1-20-10-9-13-25-27(40-25)15-26(41-30(37)16-28(36)33(4,5)32(39)22(3)31(20)38)21(2)14-24-19-42-29(35-24)18-34-17-23-11-7-6-8-12-23/h6-8,11-12,14,18-20,22,25-28,31,36,38H,9-10,13,15-17H2,1-5H3/b21-14+,34-18?/t20-,22-,25-,26+,27+,28+,31+/m1/s1. The number of aliphatic hydroxyl groups excluding tert-OH is 2. The van der Waals surface area contributed by atoms with Gasteiger partial charge in [-0.1, -0.05) is 64.4 Å². The zero-order valence-corrected chi connectivity index (χ0v) is 26.0. The van der Waals surface area contributed by atoms with Crippen LogP contribution in [0.15, 0.2) is 46.3 Å². The van der Waals surface area contributed by atoms with Crippen molar-refractivity contribution < 1.29 is 29.3 Å². The zero-order chi connectivity index (χ0) is 30.4. The number of carbonyl (C=O) groups is 2. The van der Waals surface area contributed by atoms with Gasteiger partial charge < -0.3 is 19.7 Å². The van der Waals surface area contributed by atoms with Crippen LogP contribution in [0.3, 0.4) is 0 Å². The number of hydrogen-bond acceptors (Lipinski definition) is 9. The highest BCUT2D eigenvalue weighted by atomic mass is 32.1. The van der Waals surface area contributed by atoms with Gasteiger partial charge in [0.15, 0.2) is 0 Å². The summed E-state index contributed by atoms with van der Waals surface area (Å²) in [5, 5.41) is 24.5. The van der Waals surface area contributed by atoms with Gasteiger partial charge in [-0.05, 0) is 42.9 Å². The van der Waals surface area contributed by atoms with Crippen LogP contribution < -0.4 is 0 Å². The van der Waals surface area contributed by atoms with Gasteiger partial charge in [-0.15, -0.1) is 11.3 Å². The Morgan fingerprint density at radius 3 is 2.62 bits per heavy atom. The number of cyclic esters (lactones) is 1. The number of ether oxygens (including phenoxy) is 2. The number of aliphatic imine (C=N–C) groups is 1. The van der Waals surface area contributed by atoms with Crippen LogP contribution in [-0.4, -0.2) is 63.7 Å². The Bertz CT molecular complexity index is 1270. The number of Topliss-reactive ketones (excluding diaryl/α,β-unsaturated/α-hetero) is 1. The molecule has 1 aromatic heterocycles. The lowest BCUT2D eigenvalue weighted by Gasteiger charge is -2.34. The summed E-state index contributed by atoms with van der Waals surface area (Å²) in [6, 6.07) is 10.0. The predicted octanol–water partition coefficient (Wildman–Crippen LogP) is 5.40. The second-order valence-corrected chi connectivity index (χ2v) is 13.3. The fourth-order valence-electron chi connectivity index (χ4n) is 5.57. The van der Waals surface area contributed by atoms with E-state index in [9.17, 15) is 19.8 Å². The number of epoxide rings is 1. The van der Waals surface area contributed by atoms with E-state index in [0.29, 0.717) is 13.0 Å². The number of aromatic nitrogens is 1. The van der Waals surface area contributed by atoms with E-state index < -0.39 is 35.6 Å². The van der Waals surface area contributed by atoms with Crippen LogP contribution in [0.1, 0.15) is 83.0 Å². The number of benzene rings is 1. The summed E-state index contributed by atoms with van der Waals surface area (Å²) in [5.74, 6) is -1.59. The second kappa shape index (κ2) is 14.2. The number of nitrogens with zero attached hydrogens (tertiary/aromatic N) is 2. The van der Waals surface area contributed by atoms with Gasteiger partial charge in [0.05, 0.1) is 54.7 Å². The molecule has 3 heterocycles. The van der Waals surface area contributed by atoms with Crippen LogP contribution in [0, 0.1) is 17.3 Å². The van der Waals surface area contributed by atoms with Crippen LogP contribution in [0.4, 0.5) is 0 Å². The number of fused-ring (bicyclic) bond motifs is 1. The molecule has 1 aromatic carbocycles. The van der Waals surface area contributed by atoms with Gasteiger partial charge in [-0.3, -0.25) is 14.6 Å². The quantitative estimate of drug-likeness (QED) is 0.269. The molecule has 0 unspecified atom stereocenters. The summed E-state index contributed by atoms with van der Waals surface area (Å²) in [7, 11) is 0. The molecule has 4 rings (SSSR count). The summed E-state index contributed by atoms with van der Waals surface area (Å²) >= 11 is 1.49. The topological polar surface area (TPSA) is 122 Å². The van der Waals surface area contributed by atoms with Gasteiger partial charge in [0, 0.05) is 17.7 Å². The number of carbonyl (C=O) groups excluding carboxylic acids is 2. The molecule has 42 heavy (non-hydrogen) atoms. The number of hydrogen-bond donors (Lipinski definition) is 2. The monoisotopic (exact) mass is 596 g/mol. The number of aliphatic hydroxyl groups is 2. The highest BCUT2D eigenvalue weighted by Crippen LogP contribution is 2.36. The first-order valence-electron chi connectivity index (χ1n) is 14.9. The third-order valence-electron chi connectivity index (χ3n) is 8.63. The van der Waals surface area contributed by atoms with Crippen molar-refractivity contribution in [2.75, 3.05) is 0 Å². The molecule has 0 saturated carbocycles. The van der Waals surface area contributed by atoms with Crippen LogP contribution in [-0.2, 0) is 25.6 Å². The molecule has 0 amide bonds. The Labute approximate surface area is 252 Å². The van der Waals surface area contributed by atoms with Crippen molar-refractivity contribution in [1.82, 2.24) is 4.98 Å². The highest BCUT2D eigenvalue weighted by molar-refractivity contribution is 7.11. The van der Waals surface area contributed by atoms with Gasteiger partial charge in [-0.2, -0.15) is 0 Å². The van der Waals surface area contributed by atoms with Gasteiger partial charge in [0.2, 0.25) is 0 Å². The summed E-state index contributed by atoms with van der Waals surface area (Å²) in [4.78, 5) is 35.5. The fourth-order valence-corrected chi connectivity index (χ4v) is 6.23. The van der Waals surface area contributed by atoms with Crippen LogP contribution in [0.5, 0.6) is 0 Å². The van der Waals surface area contributed by atoms with Crippen molar-refractivity contribution in [3.05, 3.63) is 57.6 Å². The smallest absolute Gasteiger partial charge is 0.309 e. The second-order valence-electron chi connectivity index (χ2n) is 12.4. The van der Waals surface area contributed by atoms with Crippen LogP contribution in [0.2, 0.25) is 0 Å². The molecule has 0 spiro atoms. The lowest BCUT2D eigenvalue weighted by molar-refractivity contribution is -0.154. The minimum atomic E-state index is -1.25. The Kier molecular flexibility index (Phi) is 10.9. The molecule has 0 aliphatic carbocycles.